The number of rotatable bonds is 7. The predicted octanol–water partition coefficient (Wildman–Crippen LogP) is 2.34. The van der Waals surface area contributed by atoms with Crippen molar-refractivity contribution < 1.29 is 28.9 Å². The topological polar surface area (TPSA) is 138 Å². The molecule has 2 aliphatic heterocycles. The first-order valence-electron chi connectivity index (χ1n) is 8.38. The van der Waals surface area contributed by atoms with Crippen LogP contribution in [0.5, 0.6) is 0 Å². The van der Waals surface area contributed by atoms with Gasteiger partial charge >= 0.3 is 0 Å². The summed E-state index contributed by atoms with van der Waals surface area (Å²) in [6.45, 7) is 3.83. The van der Waals surface area contributed by atoms with Crippen molar-refractivity contribution in [2.75, 3.05) is 6.61 Å². The number of hydrogen-bond donors (Lipinski definition) is 0. The van der Waals surface area contributed by atoms with Crippen LogP contribution in [0.3, 0.4) is 0 Å². The fraction of sp³-hybridized carbons (Fsp3) is 0.625. The molecule has 0 spiro atoms. The SMILES string of the molecule is CC1(C)O[C@@H]2[C@@H](N=[N+]=[N-])[C@@H](O[N+](=O)[O-])O[C@H](COCc3ccccc3)[C@@H]2O1. The van der Waals surface area contributed by atoms with E-state index < -0.39 is 41.5 Å². The van der Waals surface area contributed by atoms with E-state index >= 15 is 0 Å². The zero-order valence-corrected chi connectivity index (χ0v) is 14.8. The first kappa shape index (κ1) is 19.3. The molecule has 11 heteroatoms. The van der Waals surface area contributed by atoms with Crippen molar-refractivity contribution in [3.05, 3.63) is 56.5 Å². The van der Waals surface area contributed by atoms with Gasteiger partial charge in [-0.25, -0.2) is 0 Å². The van der Waals surface area contributed by atoms with Crippen molar-refractivity contribution >= 4 is 0 Å². The van der Waals surface area contributed by atoms with Crippen molar-refractivity contribution in [1.29, 1.82) is 0 Å². The molecule has 0 saturated carbocycles. The molecule has 0 amide bonds. The maximum atomic E-state index is 10.8. The Morgan fingerprint density at radius 1 is 1.30 bits per heavy atom. The van der Waals surface area contributed by atoms with Crippen LogP contribution in [0.1, 0.15) is 19.4 Å². The number of benzene rings is 1. The molecule has 146 valence electrons. The van der Waals surface area contributed by atoms with Crippen LogP contribution in [0.25, 0.3) is 10.4 Å². The van der Waals surface area contributed by atoms with Gasteiger partial charge in [-0.1, -0.05) is 35.4 Å². The molecule has 2 saturated heterocycles. The minimum atomic E-state index is -1.42. The largest absolute Gasteiger partial charge is 0.374 e. The lowest BCUT2D eigenvalue weighted by atomic mass is 9.98. The van der Waals surface area contributed by atoms with Gasteiger partial charge in [-0.05, 0) is 24.9 Å². The van der Waals surface area contributed by atoms with Crippen molar-refractivity contribution in [2.45, 2.75) is 56.9 Å². The molecule has 3 rings (SSSR count). The maximum Gasteiger partial charge on any atom is 0.297 e. The highest BCUT2D eigenvalue weighted by Crippen LogP contribution is 2.39. The molecule has 0 aromatic heterocycles. The molecule has 0 bridgehead atoms. The molecule has 0 aliphatic carbocycles. The Morgan fingerprint density at radius 2 is 2.00 bits per heavy atom. The quantitative estimate of drug-likeness (QED) is 0.233. The highest BCUT2D eigenvalue weighted by Gasteiger charge is 2.56. The van der Waals surface area contributed by atoms with Gasteiger partial charge in [0.15, 0.2) is 5.79 Å². The summed E-state index contributed by atoms with van der Waals surface area (Å²) < 4.78 is 23.0. The Balaban J connectivity index is 1.74. The molecule has 0 radical (unpaired) electrons. The third kappa shape index (κ3) is 4.65. The summed E-state index contributed by atoms with van der Waals surface area (Å²) in [4.78, 5) is 18.1. The lowest BCUT2D eigenvalue weighted by molar-refractivity contribution is -0.783. The first-order chi connectivity index (χ1) is 12.9. The Hall–Kier alpha value is -2.43. The van der Waals surface area contributed by atoms with Gasteiger partial charge < -0.3 is 18.9 Å². The Labute approximate surface area is 154 Å². The van der Waals surface area contributed by atoms with E-state index in [9.17, 15) is 10.1 Å². The van der Waals surface area contributed by atoms with Crippen molar-refractivity contribution in [2.24, 2.45) is 5.11 Å². The number of ether oxygens (including phenoxy) is 4. The minimum Gasteiger partial charge on any atom is -0.374 e. The van der Waals surface area contributed by atoms with E-state index in [0.29, 0.717) is 6.61 Å². The number of fused-ring (bicyclic) bond motifs is 1. The summed E-state index contributed by atoms with van der Waals surface area (Å²) in [6, 6.07) is 8.46. The predicted molar refractivity (Wildman–Crippen MR) is 89.6 cm³/mol. The van der Waals surface area contributed by atoms with Crippen LogP contribution in [0.15, 0.2) is 35.4 Å². The fourth-order valence-corrected chi connectivity index (χ4v) is 3.21. The maximum absolute atomic E-state index is 10.8. The highest BCUT2D eigenvalue weighted by atomic mass is 17.0. The van der Waals surface area contributed by atoms with Crippen LogP contribution in [0.4, 0.5) is 0 Å². The molecular formula is C16H20N4O7. The zero-order valence-electron chi connectivity index (χ0n) is 14.8. The lowest BCUT2D eigenvalue weighted by Crippen LogP contribution is -2.57. The molecule has 1 aromatic rings. The van der Waals surface area contributed by atoms with Crippen molar-refractivity contribution in [3.63, 3.8) is 0 Å². The normalized spacial score (nSPS) is 31.6. The smallest absolute Gasteiger partial charge is 0.297 e. The molecule has 27 heavy (non-hydrogen) atoms. The number of hydrogen-bond acceptors (Lipinski definition) is 8. The van der Waals surface area contributed by atoms with Gasteiger partial charge in [-0.3, -0.25) is 4.84 Å². The van der Waals surface area contributed by atoms with E-state index in [2.05, 4.69) is 14.9 Å². The van der Waals surface area contributed by atoms with E-state index in [1.54, 1.807) is 13.8 Å². The summed E-state index contributed by atoms with van der Waals surface area (Å²) in [5.41, 5.74) is 9.78. The molecule has 0 N–H and O–H groups in total. The minimum absolute atomic E-state index is 0.0933. The van der Waals surface area contributed by atoms with E-state index in [4.69, 9.17) is 24.5 Å². The standard InChI is InChI=1S/C16H20N4O7/c1-16(2)25-13-11(9-23-8-10-6-4-3-5-7-10)24-15(27-20(21)22)12(18-19-17)14(13)26-16/h3-7,11-15H,8-9H2,1-2H3/t11-,12-,13+,14-,15-/m1/s1. The first-order valence-corrected chi connectivity index (χ1v) is 8.38. The van der Waals surface area contributed by atoms with E-state index in [1.165, 1.54) is 0 Å². The lowest BCUT2D eigenvalue weighted by Gasteiger charge is -2.39. The Morgan fingerprint density at radius 3 is 2.67 bits per heavy atom. The second kappa shape index (κ2) is 8.07. The van der Waals surface area contributed by atoms with Gasteiger partial charge in [0.1, 0.15) is 24.4 Å². The summed E-state index contributed by atoms with van der Waals surface area (Å²) in [5, 5.41) is 13.4. The number of azide groups is 1. The number of nitrogens with zero attached hydrogens (tertiary/aromatic N) is 4. The molecule has 5 atom stereocenters. The van der Waals surface area contributed by atoms with E-state index in [-0.39, 0.29) is 6.61 Å². The van der Waals surface area contributed by atoms with Gasteiger partial charge in [0.2, 0.25) is 6.29 Å². The average Bonchev–Trinajstić information content (AvgIpc) is 2.94. The molecule has 2 aliphatic rings. The third-order valence-corrected chi connectivity index (χ3v) is 4.22. The van der Waals surface area contributed by atoms with Crippen LogP contribution >= 0.6 is 0 Å². The summed E-state index contributed by atoms with van der Waals surface area (Å²) in [7, 11) is 0. The van der Waals surface area contributed by atoms with Crippen LogP contribution in [0, 0.1) is 10.1 Å². The highest BCUT2D eigenvalue weighted by molar-refractivity contribution is 5.13. The zero-order chi connectivity index (χ0) is 19.4. The second-order valence-electron chi connectivity index (χ2n) is 6.63. The molecule has 2 heterocycles. The summed E-state index contributed by atoms with van der Waals surface area (Å²) in [5.74, 6) is -0.969. The third-order valence-electron chi connectivity index (χ3n) is 4.22. The van der Waals surface area contributed by atoms with Crippen LogP contribution < -0.4 is 0 Å². The summed E-state index contributed by atoms with van der Waals surface area (Å²) >= 11 is 0. The van der Waals surface area contributed by atoms with Gasteiger partial charge in [-0.2, -0.15) is 0 Å². The fourth-order valence-electron chi connectivity index (χ4n) is 3.21. The molecule has 11 nitrogen and oxygen atoms in total. The second-order valence-corrected chi connectivity index (χ2v) is 6.63. The Kier molecular flexibility index (Phi) is 5.78. The monoisotopic (exact) mass is 380 g/mol. The van der Waals surface area contributed by atoms with Crippen LogP contribution in [-0.4, -0.2) is 48.1 Å². The van der Waals surface area contributed by atoms with Gasteiger partial charge in [0, 0.05) is 4.91 Å². The van der Waals surface area contributed by atoms with Crippen molar-refractivity contribution in [3.8, 4) is 0 Å². The molecule has 1 aromatic carbocycles. The molecule has 0 unspecified atom stereocenters. The molecular weight excluding hydrogens is 360 g/mol. The van der Waals surface area contributed by atoms with Gasteiger partial charge in [-0.15, -0.1) is 10.1 Å². The van der Waals surface area contributed by atoms with Gasteiger partial charge in [0.25, 0.3) is 5.09 Å². The average molecular weight is 380 g/mol. The van der Waals surface area contributed by atoms with E-state index in [0.717, 1.165) is 5.56 Å². The van der Waals surface area contributed by atoms with Gasteiger partial charge in [0.05, 0.1) is 13.2 Å². The van der Waals surface area contributed by atoms with Crippen molar-refractivity contribution in [1.82, 2.24) is 0 Å². The molecule has 2 fully saturated rings. The van der Waals surface area contributed by atoms with Crippen LogP contribution in [-0.2, 0) is 30.4 Å². The summed E-state index contributed by atoms with van der Waals surface area (Å²) in [6.07, 6.45) is -3.51. The van der Waals surface area contributed by atoms with Crippen LogP contribution in [0.2, 0.25) is 0 Å². The Bertz CT molecular complexity index is 710. The van der Waals surface area contributed by atoms with E-state index in [1.807, 2.05) is 30.3 Å².